The predicted molar refractivity (Wildman–Crippen MR) is 111 cm³/mol. The van der Waals surface area contributed by atoms with Crippen LogP contribution in [0, 0.1) is 0 Å². The maximum atomic E-state index is 12.6. The second kappa shape index (κ2) is 8.73. The molecule has 8 nitrogen and oxygen atoms in total. The largest absolute Gasteiger partial charge is 0.366 e. The number of benzene rings is 2. The molecule has 1 saturated heterocycles. The fourth-order valence-corrected chi connectivity index (χ4v) is 4.56. The quantitative estimate of drug-likeness (QED) is 0.733. The fraction of sp³-hybridized carbons (Fsp3) is 0.300. The number of primary amides is 1. The molecule has 3 rings (SSSR count). The van der Waals surface area contributed by atoms with Gasteiger partial charge in [-0.15, -0.1) is 0 Å². The third-order valence-corrected chi connectivity index (χ3v) is 6.70. The Hall–Kier alpha value is -2.75. The van der Waals surface area contributed by atoms with Crippen LogP contribution in [0.3, 0.4) is 0 Å². The van der Waals surface area contributed by atoms with Gasteiger partial charge >= 0.3 is 0 Å². The maximum Gasteiger partial charge on any atom is 0.255 e. The lowest BCUT2D eigenvalue weighted by Gasteiger charge is -2.31. The van der Waals surface area contributed by atoms with E-state index in [0.29, 0.717) is 35.5 Å². The summed E-state index contributed by atoms with van der Waals surface area (Å²) >= 11 is 0. The molecule has 3 N–H and O–H groups in total. The summed E-state index contributed by atoms with van der Waals surface area (Å²) in [5.74, 6) is -0.956. The van der Waals surface area contributed by atoms with Gasteiger partial charge in [0.05, 0.1) is 5.75 Å². The Bertz CT molecular complexity index is 980. The van der Waals surface area contributed by atoms with Crippen LogP contribution in [-0.2, 0) is 15.8 Å². The molecular formula is C20H24N4O4S. The maximum absolute atomic E-state index is 12.6. The van der Waals surface area contributed by atoms with Gasteiger partial charge in [0.25, 0.3) is 5.91 Å². The van der Waals surface area contributed by atoms with Gasteiger partial charge in [0.1, 0.15) is 0 Å². The fourth-order valence-electron chi connectivity index (χ4n) is 3.04. The number of anilines is 1. The first-order chi connectivity index (χ1) is 13.7. The van der Waals surface area contributed by atoms with Crippen molar-refractivity contribution in [2.24, 2.45) is 5.73 Å². The normalized spacial score (nSPS) is 15.8. The highest BCUT2D eigenvalue weighted by atomic mass is 32.2. The number of rotatable bonds is 6. The van der Waals surface area contributed by atoms with Gasteiger partial charge in [-0.1, -0.05) is 12.1 Å². The molecule has 2 amide bonds. The summed E-state index contributed by atoms with van der Waals surface area (Å²) in [5.41, 5.74) is 7.12. The van der Waals surface area contributed by atoms with Crippen molar-refractivity contribution >= 4 is 27.5 Å². The van der Waals surface area contributed by atoms with E-state index in [1.807, 2.05) is 7.05 Å². The molecule has 1 heterocycles. The van der Waals surface area contributed by atoms with Crippen LogP contribution < -0.4 is 11.1 Å². The summed E-state index contributed by atoms with van der Waals surface area (Å²) in [4.78, 5) is 25.6. The number of nitrogens with two attached hydrogens (primary N) is 1. The van der Waals surface area contributed by atoms with E-state index in [0.717, 1.165) is 13.1 Å². The standard InChI is InChI=1S/C20H24N4O4S/c1-23-10-12-24(13-11-23)29(27,28)14-15-2-4-17(5-3-15)20(26)22-18-8-6-16(7-9-18)19(21)25/h2-9H,10-14H2,1H3,(H2,21,25)(H,22,26). The Kier molecular flexibility index (Phi) is 6.31. The van der Waals surface area contributed by atoms with E-state index in [9.17, 15) is 18.0 Å². The second-order valence-electron chi connectivity index (χ2n) is 7.05. The lowest BCUT2D eigenvalue weighted by atomic mass is 10.1. The molecule has 0 radical (unpaired) electrons. The molecule has 1 aliphatic heterocycles. The molecule has 0 aliphatic carbocycles. The first-order valence-electron chi connectivity index (χ1n) is 9.21. The van der Waals surface area contributed by atoms with Gasteiger partial charge in [-0.25, -0.2) is 8.42 Å². The molecule has 0 unspecified atom stereocenters. The minimum absolute atomic E-state index is 0.0901. The van der Waals surface area contributed by atoms with Crippen molar-refractivity contribution < 1.29 is 18.0 Å². The SMILES string of the molecule is CN1CCN(S(=O)(=O)Cc2ccc(C(=O)Nc3ccc(C(N)=O)cc3)cc2)CC1. The Morgan fingerprint density at radius 3 is 2.03 bits per heavy atom. The molecule has 2 aromatic carbocycles. The first-order valence-corrected chi connectivity index (χ1v) is 10.8. The number of nitrogens with zero attached hydrogens (tertiary/aromatic N) is 2. The predicted octanol–water partition coefficient (Wildman–Crippen LogP) is 1.11. The zero-order valence-corrected chi connectivity index (χ0v) is 17.0. The zero-order valence-electron chi connectivity index (χ0n) is 16.2. The zero-order chi connectivity index (χ0) is 21.0. The lowest BCUT2D eigenvalue weighted by Crippen LogP contribution is -2.47. The number of hydrogen-bond acceptors (Lipinski definition) is 5. The minimum atomic E-state index is -3.38. The molecule has 0 spiro atoms. The van der Waals surface area contributed by atoms with Gasteiger partial charge in [-0.2, -0.15) is 4.31 Å². The van der Waals surface area contributed by atoms with Gasteiger partial charge < -0.3 is 16.0 Å². The lowest BCUT2D eigenvalue weighted by molar-refractivity contribution is 0.0998. The number of piperazine rings is 1. The monoisotopic (exact) mass is 416 g/mol. The van der Waals surface area contributed by atoms with Gasteiger partial charge in [0.15, 0.2) is 0 Å². The van der Waals surface area contributed by atoms with Crippen molar-refractivity contribution in [1.29, 1.82) is 0 Å². The molecule has 1 fully saturated rings. The molecule has 9 heteroatoms. The molecule has 0 bridgehead atoms. The van der Waals surface area contributed by atoms with Crippen molar-refractivity contribution in [2.75, 3.05) is 38.5 Å². The van der Waals surface area contributed by atoms with E-state index in [1.54, 1.807) is 36.4 Å². The molecule has 2 aromatic rings. The summed E-state index contributed by atoms with van der Waals surface area (Å²) in [6, 6.07) is 12.7. The highest BCUT2D eigenvalue weighted by Gasteiger charge is 2.25. The van der Waals surface area contributed by atoms with Crippen molar-refractivity contribution in [2.45, 2.75) is 5.75 Å². The van der Waals surface area contributed by atoms with Crippen LogP contribution in [0.25, 0.3) is 0 Å². The van der Waals surface area contributed by atoms with Crippen molar-refractivity contribution in [3.63, 3.8) is 0 Å². The summed E-state index contributed by atoms with van der Waals surface area (Å²) in [7, 11) is -1.41. The highest BCUT2D eigenvalue weighted by molar-refractivity contribution is 7.88. The number of carbonyl (C=O) groups excluding carboxylic acids is 2. The highest BCUT2D eigenvalue weighted by Crippen LogP contribution is 2.16. The van der Waals surface area contributed by atoms with Crippen LogP contribution in [0.4, 0.5) is 5.69 Å². The number of nitrogens with one attached hydrogen (secondary N) is 1. The van der Waals surface area contributed by atoms with E-state index >= 15 is 0 Å². The summed E-state index contributed by atoms with van der Waals surface area (Å²) < 4.78 is 26.7. The molecular weight excluding hydrogens is 392 g/mol. The molecule has 154 valence electrons. The molecule has 0 atom stereocenters. The Morgan fingerprint density at radius 2 is 1.48 bits per heavy atom. The first kappa shape index (κ1) is 21.0. The van der Waals surface area contributed by atoms with Crippen molar-refractivity contribution in [3.8, 4) is 0 Å². The summed E-state index contributed by atoms with van der Waals surface area (Å²) in [5, 5.41) is 2.73. The number of sulfonamides is 1. The molecule has 0 saturated carbocycles. The van der Waals surface area contributed by atoms with Crippen LogP contribution in [0.2, 0.25) is 0 Å². The average Bonchev–Trinajstić information content (AvgIpc) is 2.69. The number of likely N-dealkylation sites (N-methyl/N-ethyl adjacent to an activating group) is 1. The van der Waals surface area contributed by atoms with Gasteiger partial charge in [-0.05, 0) is 49.0 Å². The van der Waals surface area contributed by atoms with Gasteiger partial charge in [0, 0.05) is 43.0 Å². The average molecular weight is 417 g/mol. The van der Waals surface area contributed by atoms with Crippen LogP contribution >= 0.6 is 0 Å². The molecule has 0 aromatic heterocycles. The smallest absolute Gasteiger partial charge is 0.255 e. The minimum Gasteiger partial charge on any atom is -0.366 e. The van der Waals surface area contributed by atoms with E-state index in [4.69, 9.17) is 5.73 Å². The van der Waals surface area contributed by atoms with Crippen molar-refractivity contribution in [1.82, 2.24) is 9.21 Å². The van der Waals surface area contributed by atoms with Crippen LogP contribution in [0.15, 0.2) is 48.5 Å². The van der Waals surface area contributed by atoms with Crippen molar-refractivity contribution in [3.05, 3.63) is 65.2 Å². The van der Waals surface area contributed by atoms with Gasteiger partial charge in [-0.3, -0.25) is 9.59 Å². The number of carbonyl (C=O) groups is 2. The third-order valence-electron chi connectivity index (χ3n) is 4.85. The number of amides is 2. The van der Waals surface area contributed by atoms with E-state index in [1.165, 1.54) is 16.4 Å². The van der Waals surface area contributed by atoms with Gasteiger partial charge in [0.2, 0.25) is 15.9 Å². The van der Waals surface area contributed by atoms with E-state index in [-0.39, 0.29) is 11.7 Å². The topological polar surface area (TPSA) is 113 Å². The molecule has 29 heavy (non-hydrogen) atoms. The summed E-state index contributed by atoms with van der Waals surface area (Å²) in [6.07, 6.45) is 0. The van der Waals surface area contributed by atoms with E-state index < -0.39 is 15.9 Å². The number of hydrogen-bond donors (Lipinski definition) is 2. The Morgan fingerprint density at radius 1 is 0.931 bits per heavy atom. The summed E-state index contributed by atoms with van der Waals surface area (Å²) in [6.45, 7) is 2.43. The van der Waals surface area contributed by atoms with Crippen LogP contribution in [-0.4, -0.2) is 62.7 Å². The molecule has 1 aliphatic rings. The third kappa shape index (κ3) is 5.41. The Balaban J connectivity index is 1.62. The Labute approximate surface area is 170 Å². The second-order valence-corrected chi connectivity index (χ2v) is 9.02. The van der Waals surface area contributed by atoms with E-state index in [2.05, 4.69) is 10.2 Å². The van der Waals surface area contributed by atoms with Crippen LogP contribution in [0.1, 0.15) is 26.3 Å². The van der Waals surface area contributed by atoms with Crippen LogP contribution in [0.5, 0.6) is 0 Å².